The lowest BCUT2D eigenvalue weighted by atomic mass is 10.1. The van der Waals surface area contributed by atoms with Gasteiger partial charge in [-0.2, -0.15) is 0 Å². The van der Waals surface area contributed by atoms with E-state index < -0.39 is 17.9 Å². The van der Waals surface area contributed by atoms with Gasteiger partial charge >= 0.3 is 5.97 Å². The number of hydrogen-bond acceptors (Lipinski definition) is 4. The van der Waals surface area contributed by atoms with E-state index in [0.29, 0.717) is 5.69 Å². The number of aryl methyl sites for hydroxylation is 1. The van der Waals surface area contributed by atoms with Crippen molar-refractivity contribution in [1.82, 2.24) is 20.3 Å². The molecule has 1 unspecified atom stereocenters. The summed E-state index contributed by atoms with van der Waals surface area (Å²) in [5, 5.41) is 19.7. The molecular weight excluding hydrogens is 296 g/mol. The molecule has 1 aliphatic carbocycles. The van der Waals surface area contributed by atoms with E-state index in [2.05, 4.69) is 15.6 Å². The van der Waals surface area contributed by atoms with Gasteiger partial charge in [-0.25, -0.2) is 9.48 Å². The van der Waals surface area contributed by atoms with Crippen LogP contribution in [0, 0.1) is 19.8 Å². The van der Waals surface area contributed by atoms with E-state index in [1.165, 1.54) is 0 Å². The van der Waals surface area contributed by atoms with Crippen LogP contribution in [0.5, 0.6) is 0 Å². The molecule has 3 rings (SSSR count). The third kappa shape index (κ3) is 3.08. The summed E-state index contributed by atoms with van der Waals surface area (Å²) in [5.41, 5.74) is 2.61. The summed E-state index contributed by atoms with van der Waals surface area (Å²) in [6.45, 7) is 3.71. The summed E-state index contributed by atoms with van der Waals surface area (Å²) in [7, 11) is 0. The highest BCUT2D eigenvalue weighted by Crippen LogP contribution is 2.32. The summed E-state index contributed by atoms with van der Waals surface area (Å²) >= 11 is 0. The number of aromatic nitrogens is 3. The molecule has 0 spiro atoms. The van der Waals surface area contributed by atoms with E-state index in [1.54, 1.807) is 11.6 Å². The van der Waals surface area contributed by atoms with Crippen LogP contribution < -0.4 is 5.32 Å². The van der Waals surface area contributed by atoms with Crippen molar-refractivity contribution >= 4 is 11.9 Å². The maximum atomic E-state index is 12.3. The number of nitrogens with one attached hydrogen (secondary N) is 1. The number of hydrogen-bond donors (Lipinski definition) is 2. The van der Waals surface area contributed by atoms with Gasteiger partial charge in [-0.15, -0.1) is 5.10 Å². The van der Waals surface area contributed by atoms with Crippen LogP contribution in [-0.2, 0) is 4.79 Å². The first-order valence-electron chi connectivity index (χ1n) is 7.50. The van der Waals surface area contributed by atoms with Gasteiger partial charge in [-0.05, 0) is 50.3 Å². The second-order valence-electron chi connectivity index (χ2n) is 5.90. The summed E-state index contributed by atoms with van der Waals surface area (Å²) in [6.07, 6.45) is 1.65. The third-order valence-corrected chi connectivity index (χ3v) is 4.00. The van der Waals surface area contributed by atoms with Gasteiger partial charge in [0.25, 0.3) is 5.91 Å². The van der Waals surface area contributed by atoms with Gasteiger partial charge in [0.15, 0.2) is 5.69 Å². The maximum absolute atomic E-state index is 12.3. The zero-order chi connectivity index (χ0) is 16.6. The fraction of sp³-hybridized carbons (Fsp3) is 0.375. The van der Waals surface area contributed by atoms with Crippen molar-refractivity contribution in [3.05, 3.63) is 41.2 Å². The van der Waals surface area contributed by atoms with E-state index in [9.17, 15) is 14.7 Å². The number of rotatable bonds is 5. The molecule has 1 atom stereocenters. The smallest absolute Gasteiger partial charge is 0.326 e. The molecule has 0 radical (unpaired) electrons. The predicted octanol–water partition coefficient (Wildman–Crippen LogP) is 1.48. The van der Waals surface area contributed by atoms with Gasteiger partial charge in [0.1, 0.15) is 6.04 Å². The van der Waals surface area contributed by atoms with Crippen molar-refractivity contribution < 1.29 is 14.7 Å². The molecule has 7 nitrogen and oxygen atoms in total. The standard InChI is InChI=1S/C16H18N4O3/c1-9-4-3-5-12(8-9)20-10(2)13(18-19-20)15(21)17-14(16(22)23)11-6-7-11/h3-5,8,11,14H,6-7H2,1-2H3,(H,17,21)(H,22,23). The van der Waals surface area contributed by atoms with Crippen LogP contribution in [0.25, 0.3) is 5.69 Å². The van der Waals surface area contributed by atoms with Crippen LogP contribution in [0.3, 0.4) is 0 Å². The minimum Gasteiger partial charge on any atom is -0.480 e. The lowest BCUT2D eigenvalue weighted by Gasteiger charge is -2.12. The first-order valence-corrected chi connectivity index (χ1v) is 7.50. The predicted molar refractivity (Wildman–Crippen MR) is 82.4 cm³/mol. The Kier molecular flexibility index (Phi) is 3.85. The lowest BCUT2D eigenvalue weighted by molar-refractivity contribution is -0.139. The number of amides is 1. The zero-order valence-corrected chi connectivity index (χ0v) is 13.0. The Hall–Kier alpha value is -2.70. The Balaban J connectivity index is 1.83. The van der Waals surface area contributed by atoms with Gasteiger partial charge in [-0.1, -0.05) is 17.3 Å². The van der Waals surface area contributed by atoms with Crippen molar-refractivity contribution in [3.8, 4) is 5.69 Å². The average molecular weight is 314 g/mol. The molecule has 0 aliphatic heterocycles. The Morgan fingerprint density at radius 3 is 2.70 bits per heavy atom. The van der Waals surface area contributed by atoms with E-state index in [1.807, 2.05) is 31.2 Å². The normalized spacial score (nSPS) is 15.2. The number of carboxylic acids is 1. The van der Waals surface area contributed by atoms with Gasteiger partial charge in [-0.3, -0.25) is 4.79 Å². The number of nitrogens with zero attached hydrogens (tertiary/aromatic N) is 3. The van der Waals surface area contributed by atoms with Crippen molar-refractivity contribution in [1.29, 1.82) is 0 Å². The molecule has 1 aromatic carbocycles. The molecule has 1 aromatic heterocycles. The van der Waals surface area contributed by atoms with Crippen LogP contribution in [0.2, 0.25) is 0 Å². The van der Waals surface area contributed by atoms with E-state index in [4.69, 9.17) is 0 Å². The molecule has 23 heavy (non-hydrogen) atoms. The molecule has 2 N–H and O–H groups in total. The summed E-state index contributed by atoms with van der Waals surface area (Å²) in [4.78, 5) is 23.6. The highest BCUT2D eigenvalue weighted by molar-refractivity contribution is 5.96. The zero-order valence-electron chi connectivity index (χ0n) is 13.0. The molecule has 1 fully saturated rings. The van der Waals surface area contributed by atoms with Gasteiger partial charge < -0.3 is 10.4 Å². The van der Waals surface area contributed by atoms with Crippen molar-refractivity contribution in [2.75, 3.05) is 0 Å². The average Bonchev–Trinajstić information content (AvgIpc) is 3.26. The molecule has 1 amide bonds. The number of carboxylic acid groups (broad SMARTS) is 1. The van der Waals surface area contributed by atoms with Crippen LogP contribution in [0.1, 0.15) is 34.6 Å². The monoisotopic (exact) mass is 314 g/mol. The second kappa shape index (κ2) is 5.83. The van der Waals surface area contributed by atoms with Crippen LogP contribution in [0.15, 0.2) is 24.3 Å². The molecule has 1 aliphatic rings. The minimum atomic E-state index is -1.01. The Morgan fingerprint density at radius 2 is 2.09 bits per heavy atom. The fourth-order valence-electron chi connectivity index (χ4n) is 2.56. The van der Waals surface area contributed by atoms with Gasteiger partial charge in [0.2, 0.25) is 0 Å². The fourth-order valence-corrected chi connectivity index (χ4v) is 2.56. The van der Waals surface area contributed by atoms with E-state index in [-0.39, 0.29) is 11.6 Å². The summed E-state index contributed by atoms with van der Waals surface area (Å²) < 4.78 is 1.58. The van der Waals surface area contributed by atoms with Crippen molar-refractivity contribution in [2.24, 2.45) is 5.92 Å². The third-order valence-electron chi connectivity index (χ3n) is 4.00. The molecule has 0 bridgehead atoms. The van der Waals surface area contributed by atoms with Crippen LogP contribution in [-0.4, -0.2) is 38.0 Å². The molecule has 7 heteroatoms. The van der Waals surface area contributed by atoms with E-state index >= 15 is 0 Å². The topological polar surface area (TPSA) is 97.1 Å². The lowest BCUT2D eigenvalue weighted by Crippen LogP contribution is -2.42. The molecule has 0 saturated heterocycles. The number of carbonyl (C=O) groups excluding carboxylic acids is 1. The molecular formula is C16H18N4O3. The van der Waals surface area contributed by atoms with Gasteiger partial charge in [0, 0.05) is 0 Å². The summed E-state index contributed by atoms with van der Waals surface area (Å²) in [5.74, 6) is -1.49. The number of benzene rings is 1. The minimum absolute atomic E-state index is 0.0172. The number of aliphatic carboxylic acids is 1. The van der Waals surface area contributed by atoms with Crippen molar-refractivity contribution in [3.63, 3.8) is 0 Å². The Bertz CT molecular complexity index is 764. The highest BCUT2D eigenvalue weighted by atomic mass is 16.4. The number of carbonyl (C=O) groups is 2. The highest BCUT2D eigenvalue weighted by Gasteiger charge is 2.38. The van der Waals surface area contributed by atoms with E-state index in [0.717, 1.165) is 24.1 Å². The van der Waals surface area contributed by atoms with Crippen molar-refractivity contribution in [2.45, 2.75) is 32.7 Å². The van der Waals surface area contributed by atoms with Crippen LogP contribution >= 0.6 is 0 Å². The first kappa shape index (κ1) is 15.2. The SMILES string of the molecule is Cc1cccc(-n2nnc(C(=O)NC(C(=O)O)C3CC3)c2C)c1. The quantitative estimate of drug-likeness (QED) is 0.871. The van der Waals surface area contributed by atoms with Crippen LogP contribution in [0.4, 0.5) is 0 Å². The molecule has 1 heterocycles. The largest absolute Gasteiger partial charge is 0.480 e. The molecule has 1 saturated carbocycles. The second-order valence-corrected chi connectivity index (χ2v) is 5.90. The van der Waals surface area contributed by atoms with Gasteiger partial charge in [0.05, 0.1) is 11.4 Å². The molecule has 120 valence electrons. The molecule has 2 aromatic rings. The Morgan fingerprint density at radius 1 is 1.35 bits per heavy atom. The maximum Gasteiger partial charge on any atom is 0.326 e. The Labute approximate surface area is 133 Å². The summed E-state index contributed by atoms with van der Waals surface area (Å²) in [6, 6.07) is 6.83. The first-order chi connectivity index (χ1) is 11.0.